The van der Waals surface area contributed by atoms with E-state index in [2.05, 4.69) is 27.3 Å². The zero-order chi connectivity index (χ0) is 13.8. The van der Waals surface area contributed by atoms with Crippen LogP contribution in [0.15, 0.2) is 22.7 Å². The molecule has 0 spiro atoms. The molecule has 1 fully saturated rings. The van der Waals surface area contributed by atoms with E-state index in [0.717, 1.165) is 35.9 Å². The SMILES string of the molecule is CNC(c1cc(Br)ccc1OC)C1CCC(O)CC1. The molecular formula is C15H22BrNO2. The second-order valence-corrected chi connectivity index (χ2v) is 6.14. The number of aliphatic hydroxyl groups excluding tert-OH is 1. The predicted molar refractivity (Wildman–Crippen MR) is 80.5 cm³/mol. The summed E-state index contributed by atoms with van der Waals surface area (Å²) in [7, 11) is 3.71. The van der Waals surface area contributed by atoms with Crippen LogP contribution in [0.5, 0.6) is 5.75 Å². The van der Waals surface area contributed by atoms with Gasteiger partial charge in [-0.05, 0) is 56.8 Å². The highest BCUT2D eigenvalue weighted by Crippen LogP contribution is 2.38. The number of ether oxygens (including phenoxy) is 1. The van der Waals surface area contributed by atoms with E-state index < -0.39 is 0 Å². The number of hydrogen-bond donors (Lipinski definition) is 2. The van der Waals surface area contributed by atoms with Crippen molar-refractivity contribution in [3.05, 3.63) is 28.2 Å². The Labute approximate surface area is 123 Å². The van der Waals surface area contributed by atoms with Gasteiger partial charge in [0.15, 0.2) is 0 Å². The third kappa shape index (κ3) is 3.50. The van der Waals surface area contributed by atoms with Crippen LogP contribution in [-0.4, -0.2) is 25.4 Å². The Balaban J connectivity index is 2.23. The Morgan fingerprint density at radius 3 is 2.58 bits per heavy atom. The Hall–Kier alpha value is -0.580. The summed E-state index contributed by atoms with van der Waals surface area (Å²) in [6.07, 6.45) is 3.81. The molecule has 106 valence electrons. The summed E-state index contributed by atoms with van der Waals surface area (Å²) in [5.74, 6) is 1.48. The fraction of sp³-hybridized carbons (Fsp3) is 0.600. The zero-order valence-electron chi connectivity index (χ0n) is 11.5. The van der Waals surface area contributed by atoms with Crippen molar-refractivity contribution in [3.8, 4) is 5.75 Å². The van der Waals surface area contributed by atoms with Gasteiger partial charge in [-0.15, -0.1) is 0 Å². The summed E-state index contributed by atoms with van der Waals surface area (Å²) in [5.41, 5.74) is 1.20. The number of aliphatic hydroxyl groups is 1. The molecule has 0 heterocycles. The summed E-state index contributed by atoms with van der Waals surface area (Å²) in [6, 6.07) is 6.41. The molecule has 0 aliphatic heterocycles. The number of benzene rings is 1. The van der Waals surface area contributed by atoms with Crippen LogP contribution < -0.4 is 10.1 Å². The molecule has 4 heteroatoms. The van der Waals surface area contributed by atoms with E-state index in [-0.39, 0.29) is 12.1 Å². The second-order valence-electron chi connectivity index (χ2n) is 5.22. The first-order valence-corrected chi connectivity index (χ1v) is 7.63. The Kier molecular flexibility index (Phi) is 5.25. The standard InChI is InChI=1S/C15H22BrNO2/c1-17-15(10-3-6-12(18)7-4-10)13-9-11(16)5-8-14(13)19-2/h5,8-10,12,15,17-18H,3-4,6-7H2,1-2H3. The normalized spacial score (nSPS) is 25.1. The van der Waals surface area contributed by atoms with E-state index in [4.69, 9.17) is 4.74 Å². The average Bonchev–Trinajstić information content (AvgIpc) is 2.42. The molecule has 0 amide bonds. The number of hydrogen-bond acceptors (Lipinski definition) is 3. The fourth-order valence-electron chi connectivity index (χ4n) is 3.03. The molecule has 2 rings (SSSR count). The first kappa shape index (κ1) is 14.8. The largest absolute Gasteiger partial charge is 0.496 e. The molecule has 3 nitrogen and oxygen atoms in total. The highest BCUT2D eigenvalue weighted by atomic mass is 79.9. The highest BCUT2D eigenvalue weighted by molar-refractivity contribution is 9.10. The van der Waals surface area contributed by atoms with Crippen molar-refractivity contribution in [2.24, 2.45) is 5.92 Å². The highest BCUT2D eigenvalue weighted by Gasteiger charge is 2.28. The third-order valence-corrected chi connectivity index (χ3v) is 4.54. The minimum atomic E-state index is -0.113. The van der Waals surface area contributed by atoms with Gasteiger partial charge in [-0.2, -0.15) is 0 Å². The van der Waals surface area contributed by atoms with Crippen LogP contribution in [0.2, 0.25) is 0 Å². The van der Waals surface area contributed by atoms with Gasteiger partial charge >= 0.3 is 0 Å². The first-order chi connectivity index (χ1) is 9.15. The number of halogens is 1. The lowest BCUT2D eigenvalue weighted by Gasteiger charge is -2.33. The van der Waals surface area contributed by atoms with E-state index in [1.165, 1.54) is 5.56 Å². The molecule has 1 aliphatic carbocycles. The van der Waals surface area contributed by atoms with Crippen molar-refractivity contribution in [2.45, 2.75) is 37.8 Å². The molecular weight excluding hydrogens is 306 g/mol. The van der Waals surface area contributed by atoms with E-state index in [1.807, 2.05) is 19.2 Å². The van der Waals surface area contributed by atoms with Crippen molar-refractivity contribution in [1.29, 1.82) is 0 Å². The van der Waals surface area contributed by atoms with Crippen molar-refractivity contribution in [2.75, 3.05) is 14.2 Å². The minimum Gasteiger partial charge on any atom is -0.496 e. The minimum absolute atomic E-state index is 0.113. The maximum atomic E-state index is 9.64. The zero-order valence-corrected chi connectivity index (χ0v) is 13.1. The van der Waals surface area contributed by atoms with Gasteiger partial charge < -0.3 is 15.2 Å². The van der Waals surface area contributed by atoms with Crippen LogP contribution in [0.3, 0.4) is 0 Å². The van der Waals surface area contributed by atoms with Crippen LogP contribution in [-0.2, 0) is 0 Å². The van der Waals surface area contributed by atoms with Crippen LogP contribution in [0.25, 0.3) is 0 Å². The smallest absolute Gasteiger partial charge is 0.123 e. The summed E-state index contributed by atoms with van der Waals surface area (Å²) < 4.78 is 6.55. The lowest BCUT2D eigenvalue weighted by atomic mass is 9.80. The summed E-state index contributed by atoms with van der Waals surface area (Å²) >= 11 is 3.53. The average molecular weight is 328 g/mol. The third-order valence-electron chi connectivity index (χ3n) is 4.05. The van der Waals surface area contributed by atoms with E-state index >= 15 is 0 Å². The maximum absolute atomic E-state index is 9.64. The van der Waals surface area contributed by atoms with Crippen LogP contribution in [0.4, 0.5) is 0 Å². The lowest BCUT2D eigenvalue weighted by molar-refractivity contribution is 0.0978. The quantitative estimate of drug-likeness (QED) is 0.891. The van der Waals surface area contributed by atoms with Gasteiger partial charge in [0.1, 0.15) is 5.75 Å². The van der Waals surface area contributed by atoms with Crippen molar-refractivity contribution in [1.82, 2.24) is 5.32 Å². The van der Waals surface area contributed by atoms with Gasteiger partial charge in [-0.25, -0.2) is 0 Å². The van der Waals surface area contributed by atoms with Gasteiger partial charge in [0.05, 0.1) is 13.2 Å². The molecule has 1 unspecified atom stereocenters. The molecule has 1 aliphatic rings. The molecule has 1 saturated carbocycles. The second kappa shape index (κ2) is 6.73. The molecule has 1 aromatic carbocycles. The van der Waals surface area contributed by atoms with Crippen molar-refractivity contribution >= 4 is 15.9 Å². The lowest BCUT2D eigenvalue weighted by Crippen LogP contribution is -2.30. The maximum Gasteiger partial charge on any atom is 0.123 e. The monoisotopic (exact) mass is 327 g/mol. The van der Waals surface area contributed by atoms with E-state index in [0.29, 0.717) is 5.92 Å². The van der Waals surface area contributed by atoms with Gasteiger partial charge in [0.2, 0.25) is 0 Å². The number of methoxy groups -OCH3 is 1. The summed E-state index contributed by atoms with van der Waals surface area (Å²) in [6.45, 7) is 0. The van der Waals surface area contributed by atoms with Gasteiger partial charge in [0, 0.05) is 16.1 Å². The molecule has 0 bridgehead atoms. The predicted octanol–water partition coefficient (Wildman–Crippen LogP) is 3.27. The summed E-state index contributed by atoms with van der Waals surface area (Å²) in [4.78, 5) is 0. The van der Waals surface area contributed by atoms with Crippen molar-refractivity contribution in [3.63, 3.8) is 0 Å². The fourth-order valence-corrected chi connectivity index (χ4v) is 3.41. The van der Waals surface area contributed by atoms with Gasteiger partial charge in [-0.3, -0.25) is 0 Å². The van der Waals surface area contributed by atoms with Gasteiger partial charge in [0.25, 0.3) is 0 Å². The van der Waals surface area contributed by atoms with Gasteiger partial charge in [-0.1, -0.05) is 15.9 Å². The Morgan fingerprint density at radius 2 is 2.00 bits per heavy atom. The summed E-state index contributed by atoms with van der Waals surface area (Å²) in [5, 5.41) is 13.1. The molecule has 1 atom stereocenters. The van der Waals surface area contributed by atoms with Crippen LogP contribution >= 0.6 is 15.9 Å². The van der Waals surface area contributed by atoms with Crippen LogP contribution in [0, 0.1) is 5.92 Å². The number of nitrogens with one attached hydrogen (secondary N) is 1. The first-order valence-electron chi connectivity index (χ1n) is 6.84. The van der Waals surface area contributed by atoms with Crippen LogP contribution in [0.1, 0.15) is 37.3 Å². The topological polar surface area (TPSA) is 41.5 Å². The van der Waals surface area contributed by atoms with Crippen molar-refractivity contribution < 1.29 is 9.84 Å². The van der Waals surface area contributed by atoms with E-state index in [1.54, 1.807) is 7.11 Å². The Bertz CT molecular complexity index is 417. The molecule has 0 radical (unpaired) electrons. The molecule has 1 aromatic rings. The van der Waals surface area contributed by atoms with E-state index in [9.17, 15) is 5.11 Å². The Morgan fingerprint density at radius 1 is 1.32 bits per heavy atom. The molecule has 2 N–H and O–H groups in total. The molecule has 19 heavy (non-hydrogen) atoms. The molecule has 0 saturated heterocycles. The molecule has 0 aromatic heterocycles. The number of rotatable bonds is 4.